The van der Waals surface area contributed by atoms with E-state index in [0.29, 0.717) is 17.8 Å². The molecule has 0 radical (unpaired) electrons. The van der Waals surface area contributed by atoms with Crippen LogP contribution >= 0.6 is 31.9 Å². The van der Waals surface area contributed by atoms with Gasteiger partial charge in [0, 0.05) is 26.0 Å². The summed E-state index contributed by atoms with van der Waals surface area (Å²) in [6.45, 7) is 6.97. The fourth-order valence-electron chi connectivity index (χ4n) is 3.58. The van der Waals surface area contributed by atoms with Gasteiger partial charge in [-0.05, 0) is 72.4 Å². The molecular weight excluding hydrogens is 450 g/mol. The maximum atomic E-state index is 3.54. The Morgan fingerprint density at radius 2 is 1.42 bits per heavy atom. The highest BCUT2D eigenvalue weighted by molar-refractivity contribution is 9.10. The molecule has 0 bridgehead atoms. The fourth-order valence-corrected chi connectivity index (χ4v) is 4.11. The molecule has 0 heterocycles. The van der Waals surface area contributed by atoms with Gasteiger partial charge in [-0.2, -0.15) is 0 Å². The van der Waals surface area contributed by atoms with E-state index >= 15 is 0 Å². The number of hydrogen-bond acceptors (Lipinski definition) is 1. The van der Waals surface area contributed by atoms with Crippen molar-refractivity contribution < 1.29 is 0 Å². The molecule has 1 aliphatic carbocycles. The molecule has 1 aliphatic rings. The molecule has 0 N–H and O–H groups in total. The van der Waals surface area contributed by atoms with E-state index in [4.69, 9.17) is 0 Å². The van der Waals surface area contributed by atoms with Crippen LogP contribution in [0.5, 0.6) is 0 Å². The molecule has 0 spiro atoms. The molecule has 2 aromatic carbocycles. The largest absolute Gasteiger partial charge is 0.311 e. The van der Waals surface area contributed by atoms with E-state index < -0.39 is 0 Å². The molecule has 3 rings (SSSR count). The normalized spacial score (nSPS) is 20.6. The Bertz CT molecular complexity index is 744. The van der Waals surface area contributed by atoms with Crippen LogP contribution in [0.15, 0.2) is 81.4 Å². The van der Waals surface area contributed by atoms with Gasteiger partial charge >= 0.3 is 0 Å². The minimum absolute atomic E-state index is 0.526. The molecular formula is C23H25Br2N. The number of anilines is 2. The van der Waals surface area contributed by atoms with E-state index in [-0.39, 0.29) is 0 Å². The Labute approximate surface area is 174 Å². The number of halogens is 2. The summed E-state index contributed by atoms with van der Waals surface area (Å²) in [5.74, 6) is 1.84. The van der Waals surface area contributed by atoms with Crippen molar-refractivity contribution in [2.75, 3.05) is 4.90 Å². The number of rotatable bonds is 5. The zero-order chi connectivity index (χ0) is 18.7. The van der Waals surface area contributed by atoms with Crippen molar-refractivity contribution in [3.63, 3.8) is 0 Å². The van der Waals surface area contributed by atoms with Crippen LogP contribution in [-0.2, 0) is 0 Å². The lowest BCUT2D eigenvalue weighted by Gasteiger charge is -2.33. The minimum atomic E-state index is 0.526. The summed E-state index contributed by atoms with van der Waals surface area (Å²) in [5.41, 5.74) is 3.57. The molecule has 0 fully saturated rings. The van der Waals surface area contributed by atoms with Crippen molar-refractivity contribution in [2.45, 2.75) is 27.2 Å². The van der Waals surface area contributed by atoms with Crippen LogP contribution in [0.4, 0.5) is 11.4 Å². The van der Waals surface area contributed by atoms with Gasteiger partial charge in [0.2, 0.25) is 0 Å². The third-order valence-corrected chi connectivity index (χ3v) is 6.32. The summed E-state index contributed by atoms with van der Waals surface area (Å²) >= 11 is 7.09. The molecule has 0 amide bonds. The summed E-state index contributed by atoms with van der Waals surface area (Å²) < 4.78 is 2.19. The first-order valence-corrected chi connectivity index (χ1v) is 10.8. The quantitative estimate of drug-likeness (QED) is 0.423. The van der Waals surface area contributed by atoms with E-state index in [1.807, 2.05) is 0 Å². The monoisotopic (exact) mass is 473 g/mol. The first kappa shape index (κ1) is 19.4. The van der Waals surface area contributed by atoms with E-state index in [1.54, 1.807) is 0 Å². The Morgan fingerprint density at radius 1 is 0.923 bits per heavy atom. The van der Waals surface area contributed by atoms with Crippen molar-refractivity contribution in [1.82, 2.24) is 0 Å². The molecule has 0 saturated heterocycles. The van der Waals surface area contributed by atoms with Crippen molar-refractivity contribution >= 4 is 43.2 Å². The van der Waals surface area contributed by atoms with Crippen molar-refractivity contribution in [2.24, 2.45) is 17.8 Å². The summed E-state index contributed by atoms with van der Waals surface area (Å²) in [4.78, 5) is 2.33. The number of allylic oxidation sites excluding steroid dienone is 3. The Balaban J connectivity index is 2.00. The molecule has 1 nitrogen and oxygen atoms in total. The Hall–Kier alpha value is -1.32. The van der Waals surface area contributed by atoms with Crippen molar-refractivity contribution in [3.05, 3.63) is 81.4 Å². The molecule has 0 aromatic heterocycles. The van der Waals surface area contributed by atoms with Gasteiger partial charge in [-0.25, -0.2) is 0 Å². The Kier molecular flexibility index (Phi) is 6.42. The van der Waals surface area contributed by atoms with Crippen molar-refractivity contribution in [3.8, 4) is 0 Å². The second kappa shape index (κ2) is 8.58. The maximum absolute atomic E-state index is 3.54. The number of hydrogen-bond donors (Lipinski definition) is 0. The number of nitrogens with zero attached hydrogens (tertiary/aromatic N) is 1. The second-order valence-corrected chi connectivity index (χ2v) is 8.89. The SMILES string of the molecule is CCC(C)C1C=CC(N(c2ccc(Br)cc2)c2ccc(Br)cc2)=CC1C. The van der Waals surface area contributed by atoms with Crippen LogP contribution in [-0.4, -0.2) is 0 Å². The zero-order valence-corrected chi connectivity index (χ0v) is 18.7. The highest BCUT2D eigenvalue weighted by Crippen LogP contribution is 2.37. The summed E-state index contributed by atoms with van der Waals surface area (Å²) in [6.07, 6.45) is 8.33. The zero-order valence-electron chi connectivity index (χ0n) is 15.5. The molecule has 136 valence electrons. The first-order chi connectivity index (χ1) is 12.5. The molecule has 3 atom stereocenters. The average molecular weight is 475 g/mol. The topological polar surface area (TPSA) is 3.24 Å². The van der Waals surface area contributed by atoms with Crippen LogP contribution < -0.4 is 4.90 Å². The summed E-state index contributed by atoms with van der Waals surface area (Å²) in [5, 5.41) is 0. The van der Waals surface area contributed by atoms with Gasteiger partial charge in [0.1, 0.15) is 0 Å². The predicted molar refractivity (Wildman–Crippen MR) is 120 cm³/mol. The third-order valence-electron chi connectivity index (χ3n) is 5.26. The maximum Gasteiger partial charge on any atom is 0.0462 e. The van der Waals surface area contributed by atoms with Gasteiger partial charge in [-0.15, -0.1) is 0 Å². The van der Waals surface area contributed by atoms with E-state index in [0.717, 1.165) is 8.95 Å². The van der Waals surface area contributed by atoms with Gasteiger partial charge in [0.25, 0.3) is 0 Å². The molecule has 26 heavy (non-hydrogen) atoms. The molecule has 0 aliphatic heterocycles. The van der Waals surface area contributed by atoms with Gasteiger partial charge in [-0.3, -0.25) is 0 Å². The third kappa shape index (κ3) is 4.32. The molecule has 0 saturated carbocycles. The van der Waals surface area contributed by atoms with Crippen molar-refractivity contribution in [1.29, 1.82) is 0 Å². The predicted octanol–water partition coefficient (Wildman–Crippen LogP) is 8.10. The lowest BCUT2D eigenvalue weighted by molar-refractivity contribution is 0.345. The highest BCUT2D eigenvalue weighted by Gasteiger charge is 2.24. The second-order valence-electron chi connectivity index (χ2n) is 7.06. The molecule has 3 unspecified atom stereocenters. The fraction of sp³-hybridized carbons (Fsp3) is 0.304. The van der Waals surface area contributed by atoms with Crippen LogP contribution in [0, 0.1) is 17.8 Å². The lowest BCUT2D eigenvalue weighted by Crippen LogP contribution is -2.23. The average Bonchev–Trinajstić information content (AvgIpc) is 2.64. The van der Waals surface area contributed by atoms with E-state index in [1.165, 1.54) is 23.5 Å². The summed E-state index contributed by atoms with van der Waals surface area (Å²) in [7, 11) is 0. The van der Waals surface area contributed by atoms with Crippen LogP contribution in [0.2, 0.25) is 0 Å². The molecule has 2 aromatic rings. The summed E-state index contributed by atoms with van der Waals surface area (Å²) in [6, 6.07) is 17.0. The van der Waals surface area contributed by atoms with E-state index in [2.05, 4.69) is 124 Å². The van der Waals surface area contributed by atoms with E-state index in [9.17, 15) is 0 Å². The standard InChI is InChI=1S/C23H25Br2N/c1-4-16(2)23-14-13-22(15-17(23)3)26(20-9-5-18(24)6-10-20)21-11-7-19(25)8-12-21/h5-17,23H,4H2,1-3H3. The van der Waals surface area contributed by atoms with Crippen LogP contribution in [0.1, 0.15) is 27.2 Å². The Morgan fingerprint density at radius 3 is 1.85 bits per heavy atom. The highest BCUT2D eigenvalue weighted by atomic mass is 79.9. The number of benzene rings is 2. The first-order valence-electron chi connectivity index (χ1n) is 9.21. The minimum Gasteiger partial charge on any atom is -0.311 e. The van der Waals surface area contributed by atoms with Crippen LogP contribution in [0.25, 0.3) is 0 Å². The van der Waals surface area contributed by atoms with Gasteiger partial charge in [0.05, 0.1) is 0 Å². The van der Waals surface area contributed by atoms with Gasteiger partial charge in [0.15, 0.2) is 0 Å². The lowest BCUT2D eigenvalue weighted by atomic mass is 9.79. The van der Waals surface area contributed by atoms with Crippen LogP contribution in [0.3, 0.4) is 0 Å². The molecule has 3 heteroatoms. The smallest absolute Gasteiger partial charge is 0.0462 e. The van der Waals surface area contributed by atoms with Gasteiger partial charge in [-0.1, -0.05) is 71.2 Å². The van der Waals surface area contributed by atoms with Gasteiger partial charge < -0.3 is 4.90 Å².